The van der Waals surface area contributed by atoms with Gasteiger partial charge >= 0.3 is 6.09 Å². The Kier molecular flexibility index (Phi) is 5.13. The highest BCUT2D eigenvalue weighted by atomic mass is 32.1. The molecule has 1 aliphatic rings. The van der Waals surface area contributed by atoms with Gasteiger partial charge < -0.3 is 9.84 Å². The van der Waals surface area contributed by atoms with Crippen LogP contribution in [0.15, 0.2) is 46.1 Å². The average Bonchev–Trinajstić information content (AvgIpc) is 3.39. The van der Waals surface area contributed by atoms with Crippen LogP contribution in [0.3, 0.4) is 0 Å². The number of ether oxygens (including phenoxy) is 1. The second-order valence-corrected chi connectivity index (χ2v) is 8.54. The van der Waals surface area contributed by atoms with Gasteiger partial charge in [-0.25, -0.2) is 9.78 Å². The highest BCUT2D eigenvalue weighted by Gasteiger charge is 2.25. The van der Waals surface area contributed by atoms with Crippen molar-refractivity contribution < 1.29 is 14.6 Å². The summed E-state index contributed by atoms with van der Waals surface area (Å²) < 4.78 is 6.55. The highest BCUT2D eigenvalue weighted by Crippen LogP contribution is 2.34. The maximum atomic E-state index is 12.8. The van der Waals surface area contributed by atoms with Crippen molar-refractivity contribution in [1.29, 1.82) is 0 Å². The van der Waals surface area contributed by atoms with Crippen LogP contribution in [0.4, 0.5) is 10.5 Å². The van der Waals surface area contributed by atoms with Gasteiger partial charge in [0.15, 0.2) is 0 Å². The van der Waals surface area contributed by atoms with Crippen LogP contribution in [0.1, 0.15) is 43.4 Å². The molecule has 7 heteroatoms. The lowest BCUT2D eigenvalue weighted by Crippen LogP contribution is -2.27. The van der Waals surface area contributed by atoms with Crippen LogP contribution < -0.4 is 0 Å². The van der Waals surface area contributed by atoms with E-state index in [4.69, 9.17) is 4.74 Å². The monoisotopic (exact) mass is 419 g/mol. The Bertz CT molecular complexity index is 1180. The van der Waals surface area contributed by atoms with Gasteiger partial charge in [0.05, 0.1) is 5.69 Å². The number of carbonyl (C=O) groups excluding carboxylic acids is 1. The first-order chi connectivity index (χ1) is 14.3. The van der Waals surface area contributed by atoms with Gasteiger partial charge in [-0.3, -0.25) is 4.99 Å². The minimum atomic E-state index is -0.711. The van der Waals surface area contributed by atoms with Gasteiger partial charge in [-0.15, -0.1) is 0 Å². The number of nitrogens with zero attached hydrogens (tertiary/aromatic N) is 3. The maximum absolute atomic E-state index is 12.8. The summed E-state index contributed by atoms with van der Waals surface area (Å²) in [5, 5.41) is 14.8. The van der Waals surface area contributed by atoms with Gasteiger partial charge in [-0.2, -0.15) is 15.9 Å². The van der Waals surface area contributed by atoms with Crippen LogP contribution in [0.5, 0.6) is 5.88 Å². The molecule has 1 N–H and O–H groups in total. The van der Waals surface area contributed by atoms with E-state index in [1.165, 1.54) is 0 Å². The van der Waals surface area contributed by atoms with E-state index < -0.39 is 11.7 Å². The Morgan fingerprint density at radius 3 is 2.73 bits per heavy atom. The number of allylic oxidation sites excluding steroid dienone is 1. The fraction of sp³-hybridized carbons (Fsp3) is 0.174. The summed E-state index contributed by atoms with van der Waals surface area (Å²) in [7, 11) is 0. The summed E-state index contributed by atoms with van der Waals surface area (Å²) in [5.74, 6) is 0.00233. The summed E-state index contributed by atoms with van der Waals surface area (Å²) >= 11 is 1.57. The number of hydrogen-bond acceptors (Lipinski definition) is 6. The van der Waals surface area contributed by atoms with E-state index >= 15 is 0 Å². The number of rotatable bonds is 3. The van der Waals surface area contributed by atoms with Crippen molar-refractivity contribution in [3.05, 3.63) is 63.7 Å². The van der Waals surface area contributed by atoms with Crippen molar-refractivity contribution in [2.45, 2.75) is 26.4 Å². The summed E-state index contributed by atoms with van der Waals surface area (Å²) in [5.41, 5.74) is 3.14. The van der Waals surface area contributed by atoms with E-state index in [0.29, 0.717) is 0 Å². The summed E-state index contributed by atoms with van der Waals surface area (Å²) in [4.78, 5) is 21.6. The molecule has 0 saturated heterocycles. The molecule has 2 aromatic heterocycles. The fourth-order valence-electron chi connectivity index (χ4n) is 2.98. The summed E-state index contributed by atoms with van der Waals surface area (Å²) in [6.07, 6.45) is 6.26. The largest absolute Gasteiger partial charge is 0.493 e. The number of para-hydroxylation sites is 1. The standard InChI is InChI=1S/C23H21N3O3S/c1-23(2,3)29-22(28)26-20(9-8-15-10-11-30-14-15)25-19(21(26)27)12-16-13-24-18-7-5-4-6-17(16)18/h4-14,27H,1-3H3/b9-8+,16-12-. The SMILES string of the molecule is CC(C)(C)OC(=O)n1c(/C=C/c2ccsc2)nc(/C=C2/C=Nc3ccccc32)c1O. The van der Waals surface area contributed by atoms with Crippen LogP contribution in [-0.4, -0.2) is 32.6 Å². The second kappa shape index (κ2) is 7.76. The van der Waals surface area contributed by atoms with Crippen molar-refractivity contribution in [1.82, 2.24) is 9.55 Å². The van der Waals surface area contributed by atoms with Crippen molar-refractivity contribution >= 4 is 53.1 Å². The topological polar surface area (TPSA) is 76.7 Å². The lowest BCUT2D eigenvalue weighted by Gasteiger charge is -2.20. The fourth-order valence-corrected chi connectivity index (χ4v) is 3.61. The normalized spacial score (nSPS) is 14.6. The number of imidazole rings is 1. The summed E-state index contributed by atoms with van der Waals surface area (Å²) in [6, 6.07) is 9.67. The Hall–Kier alpha value is -3.45. The lowest BCUT2D eigenvalue weighted by molar-refractivity contribution is 0.0524. The van der Waals surface area contributed by atoms with Gasteiger partial charge in [0.25, 0.3) is 0 Å². The third-order valence-electron chi connectivity index (χ3n) is 4.30. The predicted octanol–water partition coefficient (Wildman–Crippen LogP) is 5.86. The molecule has 1 aromatic carbocycles. The third kappa shape index (κ3) is 4.11. The van der Waals surface area contributed by atoms with Crippen LogP contribution in [0.25, 0.3) is 23.8 Å². The van der Waals surface area contributed by atoms with Gasteiger partial charge in [-0.05, 0) is 61.4 Å². The van der Waals surface area contributed by atoms with E-state index in [-0.39, 0.29) is 17.4 Å². The Morgan fingerprint density at radius 2 is 2.00 bits per heavy atom. The van der Waals surface area contributed by atoms with Crippen LogP contribution in [0.2, 0.25) is 0 Å². The molecular formula is C23H21N3O3S. The molecule has 0 spiro atoms. The zero-order valence-corrected chi connectivity index (χ0v) is 17.7. The van der Waals surface area contributed by atoms with Gasteiger partial charge in [-0.1, -0.05) is 24.3 Å². The molecule has 0 aliphatic carbocycles. The number of thiophene rings is 1. The molecule has 0 bridgehead atoms. The zero-order chi connectivity index (χ0) is 21.3. The Labute approximate surface area is 178 Å². The van der Waals surface area contributed by atoms with E-state index in [2.05, 4.69) is 9.98 Å². The first-order valence-electron chi connectivity index (χ1n) is 9.42. The molecule has 3 aromatic rings. The van der Waals surface area contributed by atoms with Gasteiger partial charge in [0.2, 0.25) is 5.88 Å². The molecule has 0 saturated carbocycles. The van der Waals surface area contributed by atoms with Crippen LogP contribution in [0, 0.1) is 0 Å². The van der Waals surface area contributed by atoms with E-state index in [9.17, 15) is 9.90 Å². The Morgan fingerprint density at radius 1 is 1.20 bits per heavy atom. The smallest absolute Gasteiger partial charge is 0.423 e. The van der Waals surface area contributed by atoms with Crippen molar-refractivity contribution in [2.24, 2.45) is 4.99 Å². The van der Waals surface area contributed by atoms with Crippen molar-refractivity contribution in [3.63, 3.8) is 0 Å². The van der Waals surface area contributed by atoms with E-state index in [1.54, 1.807) is 50.5 Å². The molecule has 6 nitrogen and oxygen atoms in total. The van der Waals surface area contributed by atoms with E-state index in [1.807, 2.05) is 47.2 Å². The predicted molar refractivity (Wildman–Crippen MR) is 121 cm³/mol. The summed E-state index contributed by atoms with van der Waals surface area (Å²) in [6.45, 7) is 5.32. The minimum absolute atomic E-state index is 0.268. The molecular weight excluding hydrogens is 398 g/mol. The van der Waals surface area contributed by atoms with Crippen LogP contribution in [-0.2, 0) is 4.74 Å². The number of aromatic nitrogens is 2. The van der Waals surface area contributed by atoms with Crippen molar-refractivity contribution in [3.8, 4) is 5.88 Å². The third-order valence-corrected chi connectivity index (χ3v) is 5.00. The van der Waals surface area contributed by atoms with Crippen molar-refractivity contribution in [2.75, 3.05) is 0 Å². The molecule has 152 valence electrons. The minimum Gasteiger partial charge on any atom is -0.493 e. The molecule has 0 amide bonds. The van der Waals surface area contributed by atoms with Gasteiger partial charge in [0.1, 0.15) is 17.1 Å². The average molecular weight is 420 g/mol. The Balaban J connectivity index is 1.77. The first kappa shape index (κ1) is 19.8. The lowest BCUT2D eigenvalue weighted by atomic mass is 10.1. The number of carbonyl (C=O) groups is 1. The number of fused-ring (bicyclic) bond motifs is 1. The molecule has 0 atom stereocenters. The molecule has 0 unspecified atom stereocenters. The maximum Gasteiger partial charge on any atom is 0.423 e. The highest BCUT2D eigenvalue weighted by molar-refractivity contribution is 7.08. The molecule has 3 heterocycles. The molecule has 30 heavy (non-hydrogen) atoms. The zero-order valence-electron chi connectivity index (χ0n) is 16.9. The van der Waals surface area contributed by atoms with E-state index in [0.717, 1.165) is 27.0 Å². The second-order valence-electron chi connectivity index (χ2n) is 7.76. The first-order valence-corrected chi connectivity index (χ1v) is 10.4. The molecule has 0 radical (unpaired) electrons. The quantitative estimate of drug-likeness (QED) is 0.577. The molecule has 1 aliphatic heterocycles. The molecule has 0 fully saturated rings. The number of benzene rings is 1. The number of hydrogen-bond donors (Lipinski definition) is 1. The number of aromatic hydroxyl groups is 1. The van der Waals surface area contributed by atoms with Gasteiger partial charge in [0, 0.05) is 17.4 Å². The molecule has 4 rings (SSSR count). The number of aliphatic imine (C=N–C) groups is 1. The van der Waals surface area contributed by atoms with Crippen LogP contribution >= 0.6 is 11.3 Å².